The van der Waals surface area contributed by atoms with Gasteiger partial charge in [-0.05, 0) is 38.4 Å². The zero-order valence-corrected chi connectivity index (χ0v) is 11.8. The van der Waals surface area contributed by atoms with Gasteiger partial charge >= 0.3 is 0 Å². The van der Waals surface area contributed by atoms with Crippen molar-refractivity contribution in [2.24, 2.45) is 5.73 Å². The van der Waals surface area contributed by atoms with Crippen LogP contribution in [-0.4, -0.2) is 33.9 Å². The van der Waals surface area contributed by atoms with Gasteiger partial charge in [0, 0.05) is 19.2 Å². The number of rotatable bonds is 7. The van der Waals surface area contributed by atoms with Crippen LogP contribution in [0.5, 0.6) is 11.5 Å². The van der Waals surface area contributed by atoms with Gasteiger partial charge in [-0.3, -0.25) is 0 Å². The van der Waals surface area contributed by atoms with Crippen LogP contribution in [0, 0.1) is 0 Å². The monoisotopic (exact) mass is 252 g/mol. The Morgan fingerprint density at radius 3 is 2.11 bits per heavy atom. The zero-order chi connectivity index (χ0) is 13.5. The molecule has 4 heteroatoms. The summed E-state index contributed by atoms with van der Waals surface area (Å²) in [5.41, 5.74) is 7.78. The molecule has 1 aromatic carbocycles. The highest BCUT2D eigenvalue weighted by Crippen LogP contribution is 2.35. The van der Waals surface area contributed by atoms with Crippen molar-refractivity contribution in [3.8, 4) is 11.5 Å². The second-order valence-electron chi connectivity index (χ2n) is 4.05. The van der Waals surface area contributed by atoms with Crippen molar-refractivity contribution < 1.29 is 9.47 Å². The maximum absolute atomic E-state index is 5.62. The lowest BCUT2D eigenvalue weighted by Gasteiger charge is -2.25. The van der Waals surface area contributed by atoms with Gasteiger partial charge in [-0.2, -0.15) is 0 Å². The van der Waals surface area contributed by atoms with E-state index in [-0.39, 0.29) is 0 Å². The molecule has 2 N–H and O–H groups in total. The predicted octanol–water partition coefficient (Wildman–Crippen LogP) is 2.05. The summed E-state index contributed by atoms with van der Waals surface area (Å²) in [6.07, 6.45) is 0.790. The Bertz CT molecular complexity index is 376. The van der Waals surface area contributed by atoms with Crippen molar-refractivity contribution in [2.75, 3.05) is 38.8 Å². The minimum Gasteiger partial charge on any atom is -0.496 e. The fourth-order valence-electron chi connectivity index (χ4n) is 2.11. The van der Waals surface area contributed by atoms with Gasteiger partial charge in [-0.1, -0.05) is 0 Å². The van der Waals surface area contributed by atoms with Crippen LogP contribution >= 0.6 is 0 Å². The molecule has 0 amide bonds. The van der Waals surface area contributed by atoms with Crippen LogP contribution in [0.1, 0.15) is 19.4 Å². The summed E-state index contributed by atoms with van der Waals surface area (Å²) < 4.78 is 10.9. The summed E-state index contributed by atoms with van der Waals surface area (Å²) in [7, 11) is 3.38. The van der Waals surface area contributed by atoms with E-state index in [1.165, 1.54) is 0 Å². The molecule has 0 spiro atoms. The number of anilines is 1. The highest BCUT2D eigenvalue weighted by molar-refractivity contribution is 5.64. The maximum Gasteiger partial charge on any atom is 0.142 e. The number of nitrogens with zero attached hydrogens (tertiary/aromatic N) is 1. The summed E-state index contributed by atoms with van der Waals surface area (Å²) in [4.78, 5) is 2.24. The molecule has 0 radical (unpaired) electrons. The van der Waals surface area contributed by atoms with Crippen molar-refractivity contribution in [1.82, 2.24) is 0 Å². The number of ether oxygens (including phenoxy) is 2. The van der Waals surface area contributed by atoms with E-state index in [0.29, 0.717) is 6.54 Å². The number of hydrogen-bond donors (Lipinski definition) is 1. The molecule has 0 bridgehead atoms. The molecule has 4 nitrogen and oxygen atoms in total. The first-order valence-electron chi connectivity index (χ1n) is 6.41. The highest BCUT2D eigenvalue weighted by Gasteiger charge is 2.14. The summed E-state index contributed by atoms with van der Waals surface area (Å²) in [6, 6.07) is 4.07. The smallest absolute Gasteiger partial charge is 0.142 e. The average Bonchev–Trinajstić information content (AvgIpc) is 2.41. The first kappa shape index (κ1) is 14.6. The first-order chi connectivity index (χ1) is 8.71. The molecule has 0 aliphatic carbocycles. The molecule has 1 rings (SSSR count). The lowest BCUT2D eigenvalue weighted by molar-refractivity contribution is 0.398. The van der Waals surface area contributed by atoms with Crippen molar-refractivity contribution >= 4 is 5.69 Å². The van der Waals surface area contributed by atoms with Crippen LogP contribution in [0.25, 0.3) is 0 Å². The Balaban J connectivity index is 3.24. The third kappa shape index (κ3) is 3.07. The average molecular weight is 252 g/mol. The third-order valence-electron chi connectivity index (χ3n) is 3.10. The molecule has 0 heterocycles. The summed E-state index contributed by atoms with van der Waals surface area (Å²) >= 11 is 0. The first-order valence-corrected chi connectivity index (χ1v) is 6.41. The number of hydrogen-bond acceptors (Lipinski definition) is 4. The van der Waals surface area contributed by atoms with E-state index < -0.39 is 0 Å². The van der Waals surface area contributed by atoms with E-state index in [1.807, 2.05) is 12.1 Å². The molecule has 0 unspecified atom stereocenters. The van der Waals surface area contributed by atoms with E-state index in [0.717, 1.165) is 42.3 Å². The van der Waals surface area contributed by atoms with Crippen LogP contribution in [0.15, 0.2) is 12.1 Å². The molecular formula is C14H24N2O2. The van der Waals surface area contributed by atoms with Gasteiger partial charge in [0.1, 0.15) is 11.5 Å². The normalized spacial score (nSPS) is 10.3. The fourth-order valence-corrected chi connectivity index (χ4v) is 2.11. The number of benzene rings is 1. The molecule has 0 saturated heterocycles. The highest BCUT2D eigenvalue weighted by atomic mass is 16.5. The summed E-state index contributed by atoms with van der Waals surface area (Å²) in [5, 5.41) is 0. The molecule has 18 heavy (non-hydrogen) atoms. The Morgan fingerprint density at radius 2 is 1.67 bits per heavy atom. The van der Waals surface area contributed by atoms with E-state index in [2.05, 4.69) is 18.7 Å². The lowest BCUT2D eigenvalue weighted by atomic mass is 10.1. The summed E-state index contributed by atoms with van der Waals surface area (Å²) in [6.45, 7) is 6.73. The topological polar surface area (TPSA) is 47.7 Å². The van der Waals surface area contributed by atoms with Gasteiger partial charge in [0.15, 0.2) is 0 Å². The largest absolute Gasteiger partial charge is 0.496 e. The molecule has 0 saturated carbocycles. The van der Waals surface area contributed by atoms with Crippen LogP contribution in [0.3, 0.4) is 0 Å². The van der Waals surface area contributed by atoms with E-state index in [9.17, 15) is 0 Å². The minimum atomic E-state index is 0.601. The molecule has 0 aliphatic rings. The van der Waals surface area contributed by atoms with Gasteiger partial charge in [0.25, 0.3) is 0 Å². The fraction of sp³-hybridized carbons (Fsp3) is 0.571. The Kier molecular flexibility index (Phi) is 5.78. The molecule has 0 atom stereocenters. The van der Waals surface area contributed by atoms with Crippen LogP contribution in [0.2, 0.25) is 0 Å². The second kappa shape index (κ2) is 7.11. The summed E-state index contributed by atoms with van der Waals surface area (Å²) in [5.74, 6) is 1.76. The SMILES string of the molecule is CCN(CC)c1cc(OC)c(CCN)cc1OC. The molecule has 0 aromatic heterocycles. The van der Waals surface area contributed by atoms with Gasteiger partial charge in [-0.15, -0.1) is 0 Å². The van der Waals surface area contributed by atoms with Gasteiger partial charge in [0.05, 0.1) is 19.9 Å². The molecule has 1 aromatic rings. The van der Waals surface area contributed by atoms with Gasteiger partial charge in [0.2, 0.25) is 0 Å². The van der Waals surface area contributed by atoms with Crippen LogP contribution < -0.4 is 20.1 Å². The van der Waals surface area contributed by atoms with Crippen LogP contribution in [0.4, 0.5) is 5.69 Å². The van der Waals surface area contributed by atoms with Crippen molar-refractivity contribution in [1.29, 1.82) is 0 Å². The third-order valence-corrected chi connectivity index (χ3v) is 3.10. The van der Waals surface area contributed by atoms with Crippen molar-refractivity contribution in [3.05, 3.63) is 17.7 Å². The Hall–Kier alpha value is -1.42. The maximum atomic E-state index is 5.62. The Labute approximate surface area is 110 Å². The second-order valence-corrected chi connectivity index (χ2v) is 4.05. The Morgan fingerprint density at radius 1 is 1.06 bits per heavy atom. The molecular weight excluding hydrogens is 228 g/mol. The lowest BCUT2D eigenvalue weighted by Crippen LogP contribution is -2.22. The predicted molar refractivity (Wildman–Crippen MR) is 75.9 cm³/mol. The van der Waals surface area contributed by atoms with Gasteiger partial charge in [-0.25, -0.2) is 0 Å². The van der Waals surface area contributed by atoms with E-state index in [4.69, 9.17) is 15.2 Å². The van der Waals surface area contributed by atoms with E-state index >= 15 is 0 Å². The van der Waals surface area contributed by atoms with Crippen molar-refractivity contribution in [3.63, 3.8) is 0 Å². The molecule has 0 fully saturated rings. The van der Waals surface area contributed by atoms with Crippen LogP contribution in [-0.2, 0) is 6.42 Å². The zero-order valence-electron chi connectivity index (χ0n) is 11.8. The number of methoxy groups -OCH3 is 2. The number of nitrogens with two attached hydrogens (primary N) is 1. The molecule has 0 aliphatic heterocycles. The van der Waals surface area contributed by atoms with Gasteiger partial charge < -0.3 is 20.1 Å². The molecule has 102 valence electrons. The minimum absolute atomic E-state index is 0.601. The standard InChI is InChI=1S/C14H24N2O2/c1-5-16(6-2)12-10-13(17-3)11(7-8-15)9-14(12)18-4/h9-10H,5-8,15H2,1-4H3. The quantitative estimate of drug-likeness (QED) is 0.807. The van der Waals surface area contributed by atoms with Crippen molar-refractivity contribution in [2.45, 2.75) is 20.3 Å². The van der Waals surface area contributed by atoms with E-state index in [1.54, 1.807) is 14.2 Å².